The number of hydrogen-bond acceptors (Lipinski definition) is 4. The summed E-state index contributed by atoms with van der Waals surface area (Å²) in [4.78, 5) is 12.5. The van der Waals surface area contributed by atoms with E-state index in [-0.39, 0.29) is 17.3 Å². The van der Waals surface area contributed by atoms with E-state index in [1.54, 1.807) is 18.2 Å². The Labute approximate surface area is 125 Å². The normalized spacial score (nSPS) is 16.8. The molecule has 0 saturated heterocycles. The van der Waals surface area contributed by atoms with Crippen molar-refractivity contribution in [2.45, 2.75) is 29.6 Å². The fourth-order valence-electron chi connectivity index (χ4n) is 2.59. The number of ketones is 1. The van der Waals surface area contributed by atoms with Crippen molar-refractivity contribution < 1.29 is 19.6 Å². The lowest BCUT2D eigenvalue weighted by Gasteiger charge is -2.13. The van der Waals surface area contributed by atoms with Crippen molar-refractivity contribution in [2.75, 3.05) is 0 Å². The van der Waals surface area contributed by atoms with E-state index < -0.39 is 11.2 Å². The molecule has 2 aromatic rings. The second-order valence-corrected chi connectivity index (χ2v) is 6.51. The zero-order valence-electron chi connectivity index (χ0n) is 11.4. The summed E-state index contributed by atoms with van der Waals surface area (Å²) in [6.45, 7) is 1.49. The van der Waals surface area contributed by atoms with Gasteiger partial charge in [0, 0.05) is 40.0 Å². The zero-order valence-corrected chi connectivity index (χ0v) is 12.2. The highest BCUT2D eigenvalue weighted by atomic mass is 32.2. The van der Waals surface area contributed by atoms with Crippen molar-refractivity contribution in [3.05, 3.63) is 47.0 Å². The number of phenolic OH excluding ortho intramolecular Hbond substituents is 2. The molecule has 4 nitrogen and oxygen atoms in total. The van der Waals surface area contributed by atoms with Crippen LogP contribution in [-0.2, 0) is 24.0 Å². The fraction of sp³-hybridized carbons (Fsp3) is 0.188. The number of hydrogen-bond donors (Lipinski definition) is 2. The van der Waals surface area contributed by atoms with Crippen LogP contribution in [0.5, 0.6) is 11.5 Å². The summed E-state index contributed by atoms with van der Waals surface area (Å²) >= 11 is -1.48. The van der Waals surface area contributed by atoms with Gasteiger partial charge in [-0.1, -0.05) is 0 Å². The molecule has 1 heterocycles. The van der Waals surface area contributed by atoms with Gasteiger partial charge in [-0.05, 0) is 38.0 Å². The number of fused-ring (bicyclic) bond motifs is 2. The molecule has 0 radical (unpaired) electrons. The highest BCUT2D eigenvalue weighted by Crippen LogP contribution is 2.38. The number of rotatable bonds is 1. The summed E-state index contributed by atoms with van der Waals surface area (Å²) in [5, 5.41) is 19.6. The minimum Gasteiger partial charge on any atom is -0.606 e. The first-order chi connectivity index (χ1) is 9.97. The molecule has 0 fully saturated rings. The molecule has 1 unspecified atom stereocenters. The summed E-state index contributed by atoms with van der Waals surface area (Å²) in [5.41, 5.74) is 2.02. The molecule has 1 aliphatic rings. The van der Waals surface area contributed by atoms with Crippen LogP contribution in [0.3, 0.4) is 0 Å². The van der Waals surface area contributed by atoms with Gasteiger partial charge >= 0.3 is 0 Å². The smallest absolute Gasteiger partial charge is 0.169 e. The molecule has 0 amide bonds. The van der Waals surface area contributed by atoms with Gasteiger partial charge in [0.1, 0.15) is 11.5 Å². The second-order valence-electron chi connectivity index (χ2n) is 5.09. The average Bonchev–Trinajstić information content (AvgIpc) is 2.57. The largest absolute Gasteiger partial charge is 0.606 e. The average molecular weight is 302 g/mol. The molecule has 21 heavy (non-hydrogen) atoms. The quantitative estimate of drug-likeness (QED) is 0.626. The van der Waals surface area contributed by atoms with Crippen LogP contribution in [0.1, 0.15) is 28.4 Å². The molecule has 1 aliphatic heterocycles. The first kappa shape index (κ1) is 14.0. The van der Waals surface area contributed by atoms with E-state index in [2.05, 4.69) is 0 Å². The summed E-state index contributed by atoms with van der Waals surface area (Å²) in [5.74, 6) is -0.188. The van der Waals surface area contributed by atoms with E-state index >= 15 is 0 Å². The third-order valence-electron chi connectivity index (χ3n) is 3.68. The van der Waals surface area contributed by atoms with E-state index in [1.807, 2.05) is 0 Å². The Bertz CT molecular complexity index is 739. The van der Waals surface area contributed by atoms with Crippen molar-refractivity contribution in [1.29, 1.82) is 0 Å². The molecule has 0 aromatic heterocycles. The van der Waals surface area contributed by atoms with Crippen molar-refractivity contribution in [3.8, 4) is 11.5 Å². The van der Waals surface area contributed by atoms with E-state index in [1.165, 1.54) is 19.1 Å². The Kier molecular flexibility index (Phi) is 3.39. The molecule has 5 heteroatoms. The summed E-state index contributed by atoms with van der Waals surface area (Å²) < 4.78 is 12.7. The Morgan fingerprint density at radius 1 is 1.14 bits per heavy atom. The van der Waals surface area contributed by atoms with Gasteiger partial charge in [0.05, 0.1) is 0 Å². The van der Waals surface area contributed by atoms with Crippen LogP contribution in [0.4, 0.5) is 0 Å². The first-order valence-electron chi connectivity index (χ1n) is 6.58. The molecule has 2 N–H and O–H groups in total. The Morgan fingerprint density at radius 2 is 1.90 bits per heavy atom. The van der Waals surface area contributed by atoms with Crippen molar-refractivity contribution in [3.63, 3.8) is 0 Å². The predicted octanol–water partition coefficient (Wildman–Crippen LogP) is 2.57. The molecule has 3 rings (SSSR count). The number of aryl methyl sites for hydroxylation is 1. The van der Waals surface area contributed by atoms with Gasteiger partial charge in [0.15, 0.2) is 15.6 Å². The van der Waals surface area contributed by atoms with E-state index in [9.17, 15) is 19.6 Å². The van der Waals surface area contributed by atoms with Crippen molar-refractivity contribution in [1.82, 2.24) is 0 Å². The molecule has 0 bridgehead atoms. The van der Waals surface area contributed by atoms with Gasteiger partial charge in [0.2, 0.25) is 0 Å². The minimum atomic E-state index is -1.48. The monoisotopic (exact) mass is 302 g/mol. The van der Waals surface area contributed by atoms with Crippen molar-refractivity contribution >= 4 is 17.0 Å². The summed E-state index contributed by atoms with van der Waals surface area (Å²) in [6, 6.07) is 7.80. The first-order valence-corrected chi connectivity index (χ1v) is 7.73. The number of phenols is 2. The van der Waals surface area contributed by atoms with Crippen LogP contribution in [0.15, 0.2) is 40.1 Å². The topological polar surface area (TPSA) is 80.6 Å². The highest BCUT2D eigenvalue weighted by molar-refractivity contribution is 7.91. The molecule has 2 aromatic carbocycles. The van der Waals surface area contributed by atoms with Crippen LogP contribution >= 0.6 is 0 Å². The minimum absolute atomic E-state index is 0.0363. The standard InChI is InChI=1S/C16H14O4S/c1-9(17)10-3-5-15-11(6-10)2-4-13-14(19)7-12(18)8-16(13)21(15)20/h3,5-8,18-19H,2,4H2,1H3. The van der Waals surface area contributed by atoms with Crippen LogP contribution in [0.2, 0.25) is 0 Å². The van der Waals surface area contributed by atoms with Crippen LogP contribution in [0.25, 0.3) is 0 Å². The zero-order chi connectivity index (χ0) is 15.1. The number of benzene rings is 2. The SMILES string of the molecule is CC(=O)c1ccc2c(c1)CCc1c(O)cc(O)cc1[S+]2[O-]. The third kappa shape index (κ3) is 2.39. The maximum Gasteiger partial charge on any atom is 0.169 e. The molecule has 0 spiro atoms. The molecule has 108 valence electrons. The Balaban J connectivity index is 2.16. The number of carbonyl (C=O) groups is 1. The maximum atomic E-state index is 12.7. The van der Waals surface area contributed by atoms with E-state index in [4.69, 9.17) is 0 Å². The predicted molar refractivity (Wildman–Crippen MR) is 78.3 cm³/mol. The number of carbonyl (C=O) groups excluding carboxylic acids is 1. The molecule has 0 aliphatic carbocycles. The highest BCUT2D eigenvalue weighted by Gasteiger charge is 2.29. The van der Waals surface area contributed by atoms with Gasteiger partial charge in [0.25, 0.3) is 0 Å². The fourth-order valence-corrected chi connectivity index (χ4v) is 4.07. The summed E-state index contributed by atoms with van der Waals surface area (Å²) in [7, 11) is 0. The lowest BCUT2D eigenvalue weighted by Crippen LogP contribution is -2.06. The Hall–Kier alpha value is -1.98. The lowest BCUT2D eigenvalue weighted by atomic mass is 10.0. The number of aromatic hydroxyl groups is 2. The Morgan fingerprint density at radius 3 is 2.62 bits per heavy atom. The van der Waals surface area contributed by atoms with Crippen LogP contribution in [0, 0.1) is 0 Å². The maximum absolute atomic E-state index is 12.7. The van der Waals surface area contributed by atoms with Crippen LogP contribution < -0.4 is 0 Å². The van der Waals surface area contributed by atoms with E-state index in [0.717, 1.165) is 5.56 Å². The third-order valence-corrected chi connectivity index (χ3v) is 5.24. The van der Waals surface area contributed by atoms with Gasteiger partial charge in [-0.25, -0.2) is 0 Å². The van der Waals surface area contributed by atoms with Gasteiger partial charge in [-0.2, -0.15) is 0 Å². The molecular formula is C16H14O4S. The van der Waals surface area contributed by atoms with Gasteiger partial charge in [-0.3, -0.25) is 4.79 Å². The molecule has 1 atom stereocenters. The molecular weight excluding hydrogens is 288 g/mol. The van der Waals surface area contributed by atoms with E-state index in [0.29, 0.717) is 33.8 Å². The van der Waals surface area contributed by atoms with Crippen molar-refractivity contribution in [2.24, 2.45) is 0 Å². The van der Waals surface area contributed by atoms with Gasteiger partial charge < -0.3 is 14.8 Å². The molecule has 0 saturated carbocycles. The van der Waals surface area contributed by atoms with Crippen LogP contribution in [-0.4, -0.2) is 20.5 Å². The second kappa shape index (κ2) is 5.09. The van der Waals surface area contributed by atoms with Gasteiger partial charge in [-0.15, -0.1) is 0 Å². The number of Topliss-reactive ketones (excluding diaryl/α,β-unsaturated/α-hetero) is 1. The summed E-state index contributed by atoms with van der Waals surface area (Å²) in [6.07, 6.45) is 1.11. The lowest BCUT2D eigenvalue weighted by molar-refractivity contribution is 0.101.